The van der Waals surface area contributed by atoms with Crippen molar-refractivity contribution in [1.29, 1.82) is 0 Å². The van der Waals surface area contributed by atoms with Crippen LogP contribution in [-0.4, -0.2) is 11.5 Å². The first-order valence-electron chi connectivity index (χ1n) is 9.83. The number of nitrogens with zero attached hydrogens (tertiary/aromatic N) is 1. The van der Waals surface area contributed by atoms with E-state index in [0.717, 1.165) is 52.9 Å². The largest absolute Gasteiger partial charge is 0.438 e. The molecule has 0 amide bonds. The van der Waals surface area contributed by atoms with E-state index >= 15 is 0 Å². The average Bonchev–Trinajstić information content (AvgIpc) is 3.37. The highest BCUT2D eigenvalue weighted by atomic mass is 16.5. The normalized spacial score (nSPS) is 15.2. The third kappa shape index (κ3) is 4.27. The van der Waals surface area contributed by atoms with Crippen LogP contribution in [0.3, 0.4) is 0 Å². The summed E-state index contributed by atoms with van der Waals surface area (Å²) in [6, 6.07) is 6.57. The number of hydrogen-bond acceptors (Lipinski definition) is 3. The Bertz CT molecular complexity index is 770. The van der Waals surface area contributed by atoms with Crippen LogP contribution in [0.5, 0.6) is 11.6 Å². The van der Waals surface area contributed by atoms with Crippen LogP contribution in [0, 0.1) is 40.5 Å². The maximum atomic E-state index is 6.35. The molecule has 26 heavy (non-hydrogen) atoms. The first kappa shape index (κ1) is 18.9. The molecule has 3 rings (SSSR count). The molecule has 3 nitrogen and oxygen atoms in total. The van der Waals surface area contributed by atoms with E-state index in [1.165, 1.54) is 30.4 Å². The molecule has 1 unspecified atom stereocenters. The van der Waals surface area contributed by atoms with Gasteiger partial charge in [0.15, 0.2) is 0 Å². The fourth-order valence-electron chi connectivity index (χ4n) is 4.04. The monoisotopic (exact) mass is 352 g/mol. The van der Waals surface area contributed by atoms with Gasteiger partial charge in [0.1, 0.15) is 5.75 Å². The van der Waals surface area contributed by atoms with Gasteiger partial charge < -0.3 is 10.5 Å². The summed E-state index contributed by atoms with van der Waals surface area (Å²) in [5, 5.41) is 0. The minimum Gasteiger partial charge on any atom is -0.438 e. The van der Waals surface area contributed by atoms with Crippen LogP contribution in [0.25, 0.3) is 0 Å². The van der Waals surface area contributed by atoms with E-state index in [1.807, 2.05) is 0 Å². The molecular weight excluding hydrogens is 320 g/mol. The summed E-state index contributed by atoms with van der Waals surface area (Å²) in [6.07, 6.45) is 5.01. The SMILES string of the molecule is Cc1cc(C)c(Oc2nc(C)cc(C(CCN)CC3CC3)c2C)c(C)c1. The molecule has 2 N–H and O–H groups in total. The first-order valence-corrected chi connectivity index (χ1v) is 9.83. The summed E-state index contributed by atoms with van der Waals surface area (Å²) < 4.78 is 6.35. The molecule has 0 spiro atoms. The molecule has 0 bridgehead atoms. The lowest BCUT2D eigenvalue weighted by molar-refractivity contribution is 0.446. The summed E-state index contributed by atoms with van der Waals surface area (Å²) >= 11 is 0. The van der Waals surface area contributed by atoms with Crippen molar-refractivity contribution in [1.82, 2.24) is 4.98 Å². The van der Waals surface area contributed by atoms with Crippen LogP contribution in [0.4, 0.5) is 0 Å². The second kappa shape index (κ2) is 7.79. The molecule has 1 atom stereocenters. The van der Waals surface area contributed by atoms with Gasteiger partial charge in [-0.3, -0.25) is 0 Å². The zero-order valence-corrected chi connectivity index (χ0v) is 16.9. The van der Waals surface area contributed by atoms with Crippen LogP contribution in [0.15, 0.2) is 18.2 Å². The van der Waals surface area contributed by atoms with Gasteiger partial charge in [-0.2, -0.15) is 0 Å². The predicted molar refractivity (Wildman–Crippen MR) is 108 cm³/mol. The molecule has 1 aliphatic carbocycles. The Labute approximate surface area is 158 Å². The fraction of sp³-hybridized carbons (Fsp3) is 0.522. The predicted octanol–water partition coefficient (Wildman–Crippen LogP) is 5.65. The molecule has 1 saturated carbocycles. The van der Waals surface area contributed by atoms with Gasteiger partial charge in [-0.15, -0.1) is 0 Å². The highest BCUT2D eigenvalue weighted by Gasteiger charge is 2.28. The Morgan fingerprint density at radius 3 is 2.31 bits per heavy atom. The number of nitrogens with two attached hydrogens (primary N) is 1. The molecular formula is C23H32N2O. The molecule has 1 fully saturated rings. The van der Waals surface area contributed by atoms with Crippen LogP contribution in [0.1, 0.15) is 65.1 Å². The Hall–Kier alpha value is -1.87. The van der Waals surface area contributed by atoms with Gasteiger partial charge in [-0.25, -0.2) is 4.98 Å². The molecule has 0 radical (unpaired) electrons. The molecule has 3 heteroatoms. The number of benzene rings is 1. The van der Waals surface area contributed by atoms with Gasteiger partial charge in [0.25, 0.3) is 0 Å². The molecule has 1 aromatic heterocycles. The van der Waals surface area contributed by atoms with Crippen LogP contribution in [-0.2, 0) is 0 Å². The molecule has 1 aliphatic rings. The van der Waals surface area contributed by atoms with E-state index in [2.05, 4.69) is 52.8 Å². The van der Waals surface area contributed by atoms with Gasteiger partial charge in [0.2, 0.25) is 5.88 Å². The van der Waals surface area contributed by atoms with Gasteiger partial charge in [-0.1, -0.05) is 30.5 Å². The highest BCUT2D eigenvalue weighted by molar-refractivity contribution is 5.47. The summed E-state index contributed by atoms with van der Waals surface area (Å²) in [5.74, 6) is 3.07. The molecule has 140 valence electrons. The third-order valence-electron chi connectivity index (χ3n) is 5.47. The van der Waals surface area contributed by atoms with E-state index in [4.69, 9.17) is 15.5 Å². The van der Waals surface area contributed by atoms with Gasteiger partial charge in [0, 0.05) is 11.3 Å². The maximum absolute atomic E-state index is 6.35. The van der Waals surface area contributed by atoms with E-state index in [1.54, 1.807) is 0 Å². The summed E-state index contributed by atoms with van der Waals surface area (Å²) in [6.45, 7) is 11.3. The molecule has 1 aromatic carbocycles. The van der Waals surface area contributed by atoms with Gasteiger partial charge in [-0.05, 0) is 88.6 Å². The Balaban J connectivity index is 1.96. The van der Waals surface area contributed by atoms with Crippen molar-refractivity contribution >= 4 is 0 Å². The summed E-state index contributed by atoms with van der Waals surface area (Å²) in [5.41, 5.74) is 13.0. The van der Waals surface area contributed by atoms with E-state index in [-0.39, 0.29) is 0 Å². The fourth-order valence-corrected chi connectivity index (χ4v) is 4.04. The lowest BCUT2D eigenvalue weighted by Crippen LogP contribution is -2.11. The molecule has 0 aliphatic heterocycles. The minimum absolute atomic E-state index is 0.511. The van der Waals surface area contributed by atoms with Crippen molar-refractivity contribution in [2.24, 2.45) is 11.7 Å². The topological polar surface area (TPSA) is 48.1 Å². The van der Waals surface area contributed by atoms with Crippen LogP contribution < -0.4 is 10.5 Å². The van der Waals surface area contributed by atoms with Gasteiger partial charge in [0.05, 0.1) is 0 Å². The summed E-state index contributed by atoms with van der Waals surface area (Å²) in [4.78, 5) is 4.72. The van der Waals surface area contributed by atoms with Crippen molar-refractivity contribution < 1.29 is 4.74 Å². The number of hydrogen-bond donors (Lipinski definition) is 1. The number of aromatic nitrogens is 1. The molecule has 0 saturated heterocycles. The number of aryl methyl sites for hydroxylation is 4. The van der Waals surface area contributed by atoms with Crippen molar-refractivity contribution in [3.05, 3.63) is 51.7 Å². The summed E-state index contributed by atoms with van der Waals surface area (Å²) in [7, 11) is 0. The average molecular weight is 353 g/mol. The van der Waals surface area contributed by atoms with E-state index in [9.17, 15) is 0 Å². The smallest absolute Gasteiger partial charge is 0.222 e. The lowest BCUT2D eigenvalue weighted by Gasteiger charge is -2.22. The van der Waals surface area contributed by atoms with Crippen molar-refractivity contribution in [3.63, 3.8) is 0 Å². The standard InChI is InChI=1S/C23H32N2O/c1-14-10-15(2)22(16(3)11-14)26-23-18(5)21(12-17(4)25-23)20(8-9-24)13-19-6-7-19/h10-12,19-20H,6-9,13,24H2,1-5H3. The molecule has 2 aromatic rings. The Kier molecular flexibility index (Phi) is 5.67. The van der Waals surface area contributed by atoms with Gasteiger partial charge >= 0.3 is 0 Å². The first-order chi connectivity index (χ1) is 12.4. The zero-order chi connectivity index (χ0) is 18.8. The zero-order valence-electron chi connectivity index (χ0n) is 16.9. The number of ether oxygens (including phenoxy) is 1. The molecule has 1 heterocycles. The van der Waals surface area contributed by atoms with Crippen molar-refractivity contribution in [3.8, 4) is 11.6 Å². The van der Waals surface area contributed by atoms with Crippen LogP contribution >= 0.6 is 0 Å². The van der Waals surface area contributed by atoms with Crippen LogP contribution in [0.2, 0.25) is 0 Å². The quantitative estimate of drug-likeness (QED) is 0.700. The highest BCUT2D eigenvalue weighted by Crippen LogP contribution is 2.42. The van der Waals surface area contributed by atoms with Crippen molar-refractivity contribution in [2.75, 3.05) is 6.54 Å². The second-order valence-electron chi connectivity index (χ2n) is 8.07. The lowest BCUT2D eigenvalue weighted by atomic mass is 9.88. The second-order valence-corrected chi connectivity index (χ2v) is 8.07. The Morgan fingerprint density at radius 1 is 1.08 bits per heavy atom. The van der Waals surface area contributed by atoms with Crippen molar-refractivity contribution in [2.45, 2.75) is 66.2 Å². The minimum atomic E-state index is 0.511. The number of pyridine rings is 1. The van der Waals surface area contributed by atoms with E-state index in [0.29, 0.717) is 5.92 Å². The Morgan fingerprint density at radius 2 is 1.73 bits per heavy atom. The number of rotatable bonds is 7. The third-order valence-corrected chi connectivity index (χ3v) is 5.47. The maximum Gasteiger partial charge on any atom is 0.222 e. The van der Waals surface area contributed by atoms with E-state index < -0.39 is 0 Å².